The highest BCUT2D eigenvalue weighted by atomic mass is 35.5. The zero-order valence-corrected chi connectivity index (χ0v) is 21.3. The number of carbonyl (C=O) groups is 1. The second-order valence-corrected chi connectivity index (χ2v) is 9.09. The Bertz CT molecular complexity index is 1170. The highest BCUT2D eigenvalue weighted by Gasteiger charge is 2.27. The predicted octanol–water partition coefficient (Wildman–Crippen LogP) is 2.97. The largest absolute Gasteiger partial charge is 0.404 e. The number of rotatable bonds is 8. The van der Waals surface area contributed by atoms with Crippen molar-refractivity contribution in [2.75, 3.05) is 32.7 Å². The fourth-order valence-electron chi connectivity index (χ4n) is 4.21. The Kier molecular flexibility index (Phi) is 9.19. The Labute approximate surface area is 215 Å². The van der Waals surface area contributed by atoms with E-state index in [2.05, 4.69) is 21.4 Å². The summed E-state index contributed by atoms with van der Waals surface area (Å²) in [7, 11) is 0. The lowest BCUT2D eigenvalue weighted by molar-refractivity contribution is 0.0550. The third-order valence-corrected chi connectivity index (χ3v) is 6.22. The first-order valence-electron chi connectivity index (χ1n) is 11.7. The van der Waals surface area contributed by atoms with Gasteiger partial charge in [-0.2, -0.15) is 0 Å². The minimum absolute atomic E-state index is 0.00632. The van der Waals surface area contributed by atoms with E-state index >= 15 is 4.39 Å². The lowest BCUT2D eigenvalue weighted by Gasteiger charge is -2.35. The number of nitrogens with zero attached hydrogens (tertiary/aromatic N) is 4. The Morgan fingerprint density at radius 2 is 1.94 bits per heavy atom. The number of allylic oxidation sites excluding steroid dienone is 3. The molecule has 1 atom stereocenters. The molecule has 0 radical (unpaired) electrons. The maximum atomic E-state index is 15.4. The molecule has 1 saturated heterocycles. The van der Waals surface area contributed by atoms with Gasteiger partial charge in [0, 0.05) is 61.3 Å². The van der Waals surface area contributed by atoms with Crippen LogP contribution in [0, 0.1) is 5.82 Å². The van der Waals surface area contributed by atoms with Gasteiger partial charge in [0.05, 0.1) is 28.1 Å². The van der Waals surface area contributed by atoms with Crippen molar-refractivity contribution in [3.05, 3.63) is 76.7 Å². The molecule has 2 aromatic rings. The number of hydrogen-bond donors (Lipinski definition) is 3. The third kappa shape index (κ3) is 6.29. The van der Waals surface area contributed by atoms with Crippen molar-refractivity contribution in [2.24, 2.45) is 11.5 Å². The van der Waals surface area contributed by atoms with E-state index in [1.54, 1.807) is 24.0 Å². The van der Waals surface area contributed by atoms with Gasteiger partial charge in [-0.25, -0.2) is 14.4 Å². The zero-order chi connectivity index (χ0) is 26.4. The Balaban J connectivity index is 1.97. The molecule has 3 rings (SSSR count). The number of piperazine rings is 1. The van der Waals surface area contributed by atoms with Crippen LogP contribution in [0.2, 0.25) is 5.02 Å². The molecule has 0 bridgehead atoms. The van der Waals surface area contributed by atoms with Crippen LogP contribution in [0.1, 0.15) is 35.5 Å². The summed E-state index contributed by atoms with van der Waals surface area (Å²) in [6.45, 7) is 9.87. The van der Waals surface area contributed by atoms with E-state index in [1.165, 1.54) is 24.7 Å². The molecule has 10 heteroatoms. The van der Waals surface area contributed by atoms with Gasteiger partial charge in [0.1, 0.15) is 12.1 Å². The summed E-state index contributed by atoms with van der Waals surface area (Å²) in [5.41, 5.74) is 14.5. The Hall–Kier alpha value is -3.27. The van der Waals surface area contributed by atoms with Gasteiger partial charge in [-0.3, -0.25) is 9.69 Å². The molecule has 1 aromatic carbocycles. The number of aliphatic hydroxyl groups is 1. The van der Waals surface area contributed by atoms with Gasteiger partial charge in [0.2, 0.25) is 0 Å². The summed E-state index contributed by atoms with van der Waals surface area (Å²) >= 11 is 6.48. The molecule has 1 aliphatic heterocycles. The number of aromatic nitrogens is 2. The molecule has 1 aliphatic rings. The fourth-order valence-corrected chi connectivity index (χ4v) is 4.50. The molecule has 192 valence electrons. The average Bonchev–Trinajstić information content (AvgIpc) is 2.83. The van der Waals surface area contributed by atoms with Crippen LogP contribution in [-0.2, 0) is 6.42 Å². The quantitative estimate of drug-likeness (QED) is 0.463. The van der Waals surface area contributed by atoms with Crippen molar-refractivity contribution in [1.82, 2.24) is 19.8 Å². The topological polar surface area (TPSA) is 122 Å². The zero-order valence-electron chi connectivity index (χ0n) is 20.5. The maximum Gasteiger partial charge on any atom is 0.258 e. The van der Waals surface area contributed by atoms with Crippen molar-refractivity contribution < 1.29 is 14.3 Å². The van der Waals surface area contributed by atoms with Crippen LogP contribution in [0.3, 0.4) is 0 Å². The second-order valence-electron chi connectivity index (χ2n) is 8.68. The lowest BCUT2D eigenvalue weighted by Crippen LogP contribution is -2.50. The Morgan fingerprint density at radius 1 is 1.25 bits per heavy atom. The maximum absolute atomic E-state index is 15.4. The van der Waals surface area contributed by atoms with Crippen molar-refractivity contribution in [3.63, 3.8) is 0 Å². The molecule has 8 nitrogen and oxygen atoms in total. The molecule has 0 saturated carbocycles. The highest BCUT2D eigenvalue weighted by Crippen LogP contribution is 2.34. The van der Waals surface area contributed by atoms with Gasteiger partial charge < -0.3 is 21.5 Å². The van der Waals surface area contributed by atoms with E-state index in [0.717, 1.165) is 0 Å². The number of aryl methyl sites for hydroxylation is 1. The van der Waals surface area contributed by atoms with Gasteiger partial charge in [0.15, 0.2) is 0 Å². The van der Waals surface area contributed by atoms with Crippen LogP contribution >= 0.6 is 11.6 Å². The summed E-state index contributed by atoms with van der Waals surface area (Å²) in [5.74, 6) is -1.20. The van der Waals surface area contributed by atoms with Crippen LogP contribution in [-0.4, -0.2) is 69.6 Å². The van der Waals surface area contributed by atoms with E-state index in [4.69, 9.17) is 23.1 Å². The third-order valence-electron chi connectivity index (χ3n) is 5.92. The number of hydrogen-bond acceptors (Lipinski definition) is 7. The van der Waals surface area contributed by atoms with Crippen LogP contribution < -0.4 is 11.5 Å². The smallest absolute Gasteiger partial charge is 0.258 e. The molecule has 0 aliphatic carbocycles. The number of halogens is 2. The number of amides is 1. The Morgan fingerprint density at radius 3 is 2.50 bits per heavy atom. The van der Waals surface area contributed by atoms with Crippen LogP contribution in [0.4, 0.5) is 4.39 Å². The summed E-state index contributed by atoms with van der Waals surface area (Å²) < 4.78 is 15.4. The molecule has 1 aromatic heterocycles. The van der Waals surface area contributed by atoms with E-state index in [0.29, 0.717) is 72.9 Å². The molecular weight excluding hydrogens is 483 g/mol. The van der Waals surface area contributed by atoms with Crippen LogP contribution in [0.15, 0.2) is 49.1 Å². The van der Waals surface area contributed by atoms with Gasteiger partial charge in [0.25, 0.3) is 5.91 Å². The minimum Gasteiger partial charge on any atom is -0.404 e. The van der Waals surface area contributed by atoms with Gasteiger partial charge in [-0.15, -0.1) is 0 Å². The van der Waals surface area contributed by atoms with Crippen molar-refractivity contribution in [3.8, 4) is 11.3 Å². The normalized spacial score (nSPS) is 15.9. The average molecular weight is 515 g/mol. The van der Waals surface area contributed by atoms with Crippen molar-refractivity contribution >= 4 is 23.1 Å². The van der Waals surface area contributed by atoms with Gasteiger partial charge in [-0.1, -0.05) is 31.2 Å². The number of aliphatic hydroxyl groups excluding tert-OH is 1. The van der Waals surface area contributed by atoms with E-state index in [9.17, 15) is 9.90 Å². The summed E-state index contributed by atoms with van der Waals surface area (Å²) in [6, 6.07) is 2.79. The predicted molar refractivity (Wildman–Crippen MR) is 140 cm³/mol. The van der Waals surface area contributed by atoms with Gasteiger partial charge in [-0.05, 0) is 31.6 Å². The number of benzene rings is 1. The van der Waals surface area contributed by atoms with Crippen molar-refractivity contribution in [2.45, 2.75) is 26.4 Å². The monoisotopic (exact) mass is 514 g/mol. The summed E-state index contributed by atoms with van der Waals surface area (Å²) in [6.07, 6.45) is 6.21. The number of β-amino-alcohol motifs (C(OH)–C–C–N with tert-alkyl or cyclic N) is 1. The van der Waals surface area contributed by atoms with E-state index in [-0.39, 0.29) is 10.6 Å². The molecule has 1 amide bonds. The van der Waals surface area contributed by atoms with E-state index in [1.807, 2.05) is 6.92 Å². The van der Waals surface area contributed by atoms with Crippen molar-refractivity contribution in [1.29, 1.82) is 0 Å². The molecule has 1 unspecified atom stereocenters. The molecule has 36 heavy (non-hydrogen) atoms. The molecule has 1 fully saturated rings. The first kappa shape index (κ1) is 27.3. The summed E-state index contributed by atoms with van der Waals surface area (Å²) in [4.78, 5) is 25.5. The molecule has 0 spiro atoms. The van der Waals surface area contributed by atoms with E-state index < -0.39 is 17.8 Å². The van der Waals surface area contributed by atoms with Crippen LogP contribution in [0.25, 0.3) is 16.8 Å². The molecule has 2 heterocycles. The van der Waals surface area contributed by atoms with Gasteiger partial charge >= 0.3 is 0 Å². The van der Waals surface area contributed by atoms with Crippen LogP contribution in [0.5, 0.6) is 0 Å². The minimum atomic E-state index is -0.735. The summed E-state index contributed by atoms with van der Waals surface area (Å²) in [5, 5.41) is 9.58. The lowest BCUT2D eigenvalue weighted by atomic mass is 9.95. The first-order chi connectivity index (χ1) is 17.2. The highest BCUT2D eigenvalue weighted by molar-refractivity contribution is 6.34. The first-order valence-corrected chi connectivity index (χ1v) is 12.1. The SMILES string of the molecule is C=C(N)/C=C\C(=C/N)c1c(CC)ncnc1-c1cc(F)c(C(=O)N2CCN(CC(C)O)CC2)c(Cl)c1. The standard InChI is InChI=1S/C26H32ClFN6O2/c1-4-22-23(18(13-29)6-5-16(2)30)25(32-15-31-22)19-11-20(27)24(21(28)12-19)26(36)34-9-7-33(8-10-34)14-17(3)35/h5-6,11-13,15,17,35H,2,4,7-10,14,29-30H2,1,3H3/b6-5-,18-13+. The number of carbonyl (C=O) groups excluding carboxylic acids is 1. The fraction of sp³-hybridized carbons (Fsp3) is 0.346. The molecule has 5 N–H and O–H groups in total. The molecular formula is C26H32ClFN6O2. The number of nitrogens with two attached hydrogens (primary N) is 2. The second kappa shape index (κ2) is 12.1.